The van der Waals surface area contributed by atoms with E-state index in [1.54, 1.807) is 19.9 Å². The molecule has 2 aromatic rings. The van der Waals surface area contributed by atoms with Gasteiger partial charge in [-0.15, -0.1) is 0 Å². The highest BCUT2D eigenvalue weighted by molar-refractivity contribution is 5.78. The summed E-state index contributed by atoms with van der Waals surface area (Å²) < 4.78 is 19.1. The first-order valence-corrected chi connectivity index (χ1v) is 8.43. The molecule has 2 aromatic carbocycles. The minimum atomic E-state index is -1.99. The van der Waals surface area contributed by atoms with Crippen molar-refractivity contribution in [3.05, 3.63) is 65.0 Å². The molecular weight excluding hydrogens is 335 g/mol. The molecule has 0 aromatic heterocycles. The number of aryl methyl sites for hydroxylation is 1. The molecule has 0 radical (unpaired) electrons. The smallest absolute Gasteiger partial charge is 0.336 e. The Morgan fingerprint density at radius 3 is 2.42 bits per heavy atom. The number of carbonyl (C=O) groups is 1. The first kappa shape index (κ1) is 19.9. The number of carboxylic acids is 1. The summed E-state index contributed by atoms with van der Waals surface area (Å²) in [5.41, 5.74) is -0.631. The summed E-state index contributed by atoms with van der Waals surface area (Å²) in [6.07, 6.45) is -0.125. The second-order valence-electron chi connectivity index (χ2n) is 7.35. The highest BCUT2D eigenvalue weighted by Crippen LogP contribution is 2.39. The summed E-state index contributed by atoms with van der Waals surface area (Å²) in [5.74, 6) is -1.28. The van der Waals surface area contributed by atoms with Gasteiger partial charge in [0, 0.05) is 12.0 Å². The number of hydrogen-bond donors (Lipinski definition) is 2. The lowest BCUT2D eigenvalue weighted by Crippen LogP contribution is -2.46. The normalized spacial score (nSPS) is 13.9. The topological polar surface area (TPSA) is 66.8 Å². The molecule has 0 saturated carbocycles. The Kier molecular flexibility index (Phi) is 5.71. The number of carboxylic acid groups (broad SMARTS) is 1. The lowest BCUT2D eigenvalue weighted by Gasteiger charge is -2.35. The van der Waals surface area contributed by atoms with Crippen molar-refractivity contribution in [3.8, 4) is 5.75 Å². The highest BCUT2D eigenvalue weighted by atomic mass is 19.1. The van der Waals surface area contributed by atoms with Crippen LogP contribution >= 0.6 is 0 Å². The summed E-state index contributed by atoms with van der Waals surface area (Å²) >= 11 is 0. The third-order valence-electron chi connectivity index (χ3n) is 4.77. The molecule has 1 atom stereocenters. The fourth-order valence-electron chi connectivity index (χ4n) is 3.37. The average molecular weight is 360 g/mol. The Balaban J connectivity index is 2.41. The number of halogens is 1. The molecule has 0 aliphatic carbocycles. The molecule has 4 nitrogen and oxygen atoms in total. The molecule has 0 aliphatic heterocycles. The molecule has 0 saturated heterocycles. The summed E-state index contributed by atoms with van der Waals surface area (Å²) in [7, 11) is 1.48. The number of aliphatic hydroxyl groups is 1. The predicted molar refractivity (Wildman–Crippen MR) is 98.1 cm³/mol. The van der Waals surface area contributed by atoms with Gasteiger partial charge in [-0.2, -0.15) is 0 Å². The van der Waals surface area contributed by atoms with Crippen molar-refractivity contribution in [1.29, 1.82) is 0 Å². The van der Waals surface area contributed by atoms with Crippen LogP contribution < -0.4 is 4.74 Å². The van der Waals surface area contributed by atoms with Crippen LogP contribution in [0.5, 0.6) is 5.75 Å². The van der Waals surface area contributed by atoms with Crippen molar-refractivity contribution >= 4 is 5.97 Å². The Morgan fingerprint density at radius 2 is 1.85 bits per heavy atom. The molecule has 140 valence electrons. The second kappa shape index (κ2) is 7.46. The Hall–Kier alpha value is -2.40. The van der Waals surface area contributed by atoms with Crippen LogP contribution in [0, 0.1) is 12.7 Å². The van der Waals surface area contributed by atoms with Gasteiger partial charge in [-0.3, -0.25) is 0 Å². The van der Waals surface area contributed by atoms with E-state index in [0.717, 1.165) is 11.1 Å². The second-order valence-corrected chi connectivity index (χ2v) is 7.35. The van der Waals surface area contributed by atoms with Gasteiger partial charge in [0.15, 0.2) is 5.60 Å². The first-order chi connectivity index (χ1) is 12.1. The molecule has 1 unspecified atom stereocenters. The Labute approximate surface area is 153 Å². The molecule has 2 N–H and O–H groups in total. The van der Waals surface area contributed by atoms with Crippen molar-refractivity contribution in [2.45, 2.75) is 44.6 Å². The molecule has 0 bridgehead atoms. The number of rotatable bonds is 7. The minimum Gasteiger partial charge on any atom is -0.496 e. The zero-order valence-corrected chi connectivity index (χ0v) is 15.5. The lowest BCUT2D eigenvalue weighted by atomic mass is 9.73. The Morgan fingerprint density at radius 1 is 1.19 bits per heavy atom. The monoisotopic (exact) mass is 360 g/mol. The van der Waals surface area contributed by atoms with Crippen molar-refractivity contribution in [3.63, 3.8) is 0 Å². The molecule has 2 rings (SSSR count). The molecule has 0 spiro atoms. The van der Waals surface area contributed by atoms with Gasteiger partial charge in [-0.05, 0) is 48.1 Å². The number of methoxy groups -OCH3 is 1. The molecule has 0 heterocycles. The fraction of sp³-hybridized carbons (Fsp3) is 0.381. The zero-order valence-electron chi connectivity index (χ0n) is 15.5. The lowest BCUT2D eigenvalue weighted by molar-refractivity contribution is -0.160. The summed E-state index contributed by atoms with van der Waals surface area (Å²) in [6.45, 7) is 5.42. The third-order valence-corrected chi connectivity index (χ3v) is 4.77. The number of ether oxygens (including phenoxy) is 1. The fourth-order valence-corrected chi connectivity index (χ4v) is 3.37. The van der Waals surface area contributed by atoms with Gasteiger partial charge in [0.2, 0.25) is 0 Å². The highest BCUT2D eigenvalue weighted by Gasteiger charge is 2.43. The van der Waals surface area contributed by atoms with Crippen LogP contribution in [0.25, 0.3) is 0 Å². The Bertz CT molecular complexity index is 800. The SMILES string of the molecule is COc1ccc(F)cc1C(C)(C)CC(O)(Cc1ccccc1C)C(=O)O. The van der Waals surface area contributed by atoms with Crippen molar-refractivity contribution in [2.75, 3.05) is 7.11 Å². The van der Waals surface area contributed by atoms with Crippen molar-refractivity contribution in [1.82, 2.24) is 0 Å². The maximum absolute atomic E-state index is 13.8. The minimum absolute atomic E-state index is 0.0317. The molecule has 0 aliphatic rings. The van der Waals surface area contributed by atoms with E-state index in [1.807, 2.05) is 25.1 Å². The van der Waals surface area contributed by atoms with E-state index in [9.17, 15) is 19.4 Å². The van der Waals surface area contributed by atoms with E-state index in [-0.39, 0.29) is 12.8 Å². The van der Waals surface area contributed by atoms with Gasteiger partial charge in [0.1, 0.15) is 11.6 Å². The quantitative estimate of drug-likeness (QED) is 0.787. The van der Waals surface area contributed by atoms with Gasteiger partial charge in [0.25, 0.3) is 0 Å². The van der Waals surface area contributed by atoms with E-state index < -0.39 is 22.8 Å². The average Bonchev–Trinajstić information content (AvgIpc) is 2.56. The number of hydrogen-bond acceptors (Lipinski definition) is 3. The molecule has 26 heavy (non-hydrogen) atoms. The molecular formula is C21H25FO4. The van der Waals surface area contributed by atoms with Crippen LogP contribution in [0.1, 0.15) is 37.0 Å². The molecule has 0 fully saturated rings. The maximum atomic E-state index is 13.8. The summed E-state index contributed by atoms with van der Waals surface area (Å²) in [6, 6.07) is 11.5. The van der Waals surface area contributed by atoms with Crippen molar-refractivity contribution < 1.29 is 24.1 Å². The van der Waals surface area contributed by atoms with Gasteiger partial charge >= 0.3 is 5.97 Å². The number of benzene rings is 2. The van der Waals surface area contributed by atoms with Gasteiger partial charge in [0.05, 0.1) is 7.11 Å². The van der Waals surface area contributed by atoms with Crippen LogP contribution in [0.4, 0.5) is 4.39 Å². The van der Waals surface area contributed by atoms with Crippen LogP contribution in [-0.4, -0.2) is 28.9 Å². The first-order valence-electron chi connectivity index (χ1n) is 8.43. The molecule has 5 heteroatoms. The predicted octanol–water partition coefficient (Wildman–Crippen LogP) is 3.87. The van der Waals surface area contributed by atoms with Gasteiger partial charge in [-0.1, -0.05) is 38.1 Å². The maximum Gasteiger partial charge on any atom is 0.336 e. The van der Waals surface area contributed by atoms with E-state index >= 15 is 0 Å². The zero-order chi connectivity index (χ0) is 19.5. The van der Waals surface area contributed by atoms with E-state index in [2.05, 4.69) is 0 Å². The van der Waals surface area contributed by atoms with E-state index in [0.29, 0.717) is 11.3 Å². The summed E-state index contributed by atoms with van der Waals surface area (Å²) in [5, 5.41) is 20.7. The summed E-state index contributed by atoms with van der Waals surface area (Å²) in [4.78, 5) is 11.9. The molecule has 0 amide bonds. The van der Waals surface area contributed by atoms with E-state index in [4.69, 9.17) is 4.74 Å². The van der Waals surface area contributed by atoms with E-state index in [1.165, 1.54) is 25.3 Å². The van der Waals surface area contributed by atoms with Gasteiger partial charge in [-0.25, -0.2) is 9.18 Å². The van der Waals surface area contributed by atoms with Crippen LogP contribution in [0.2, 0.25) is 0 Å². The van der Waals surface area contributed by atoms with Crippen molar-refractivity contribution in [2.24, 2.45) is 0 Å². The van der Waals surface area contributed by atoms with Crippen LogP contribution in [0.15, 0.2) is 42.5 Å². The van der Waals surface area contributed by atoms with Gasteiger partial charge < -0.3 is 14.9 Å². The van der Waals surface area contributed by atoms with Crippen LogP contribution in [-0.2, 0) is 16.6 Å². The largest absolute Gasteiger partial charge is 0.496 e. The standard InChI is InChI=1S/C21H25FO4/c1-14-7-5-6-8-15(14)12-21(25,19(23)24)13-20(2,3)17-11-16(22)9-10-18(17)26-4/h5-11,25H,12-13H2,1-4H3,(H,23,24). The van der Waals surface area contributed by atoms with Crippen LogP contribution in [0.3, 0.4) is 0 Å². The third kappa shape index (κ3) is 4.22. The number of aliphatic carboxylic acids is 1.